The van der Waals surface area contributed by atoms with Gasteiger partial charge in [-0.1, -0.05) is 18.2 Å². The SMILES string of the molecule is COC(=O)c1cc(-c2cccc(CCOC(=O)C(C)(C)C)c2S(C)(=O)=O)sc1C. The van der Waals surface area contributed by atoms with E-state index in [1.165, 1.54) is 18.4 Å². The van der Waals surface area contributed by atoms with Crippen LogP contribution < -0.4 is 0 Å². The summed E-state index contributed by atoms with van der Waals surface area (Å²) in [6.07, 6.45) is 1.42. The van der Waals surface area contributed by atoms with Crippen LogP contribution in [-0.4, -0.2) is 40.3 Å². The zero-order chi connectivity index (χ0) is 22.0. The predicted molar refractivity (Wildman–Crippen MR) is 113 cm³/mol. The van der Waals surface area contributed by atoms with E-state index in [0.29, 0.717) is 21.6 Å². The standard InChI is InChI=1S/C21H26O6S2/c1-13-16(19(22)26-5)12-17(28-13)15-9-7-8-14(18(15)29(6,24)25)10-11-27-20(23)21(2,3)4/h7-9,12H,10-11H2,1-6H3. The molecular formula is C21H26O6S2. The van der Waals surface area contributed by atoms with Gasteiger partial charge in [-0.15, -0.1) is 11.3 Å². The maximum Gasteiger partial charge on any atom is 0.338 e. The minimum atomic E-state index is -3.57. The Morgan fingerprint density at radius 1 is 1.17 bits per heavy atom. The molecule has 0 fully saturated rings. The molecule has 0 bridgehead atoms. The predicted octanol–water partition coefficient (Wildman–Crippen LogP) is 4.05. The normalized spacial score (nSPS) is 11.9. The van der Waals surface area contributed by atoms with Gasteiger partial charge in [0, 0.05) is 28.0 Å². The Balaban J connectivity index is 2.44. The van der Waals surface area contributed by atoms with Crippen molar-refractivity contribution in [3.05, 3.63) is 40.3 Å². The van der Waals surface area contributed by atoms with E-state index in [1.54, 1.807) is 52.0 Å². The molecule has 0 amide bonds. The zero-order valence-electron chi connectivity index (χ0n) is 17.5. The minimum absolute atomic E-state index is 0.0823. The first-order chi connectivity index (χ1) is 13.4. The molecule has 0 N–H and O–H groups in total. The van der Waals surface area contributed by atoms with Gasteiger partial charge < -0.3 is 9.47 Å². The fourth-order valence-corrected chi connectivity index (χ4v) is 5.14. The molecular weight excluding hydrogens is 412 g/mol. The first-order valence-corrected chi connectivity index (χ1v) is 11.8. The van der Waals surface area contributed by atoms with Crippen molar-refractivity contribution in [3.8, 4) is 10.4 Å². The lowest BCUT2D eigenvalue weighted by Crippen LogP contribution is -2.24. The van der Waals surface area contributed by atoms with Crippen molar-refractivity contribution in [1.82, 2.24) is 0 Å². The number of ether oxygens (including phenoxy) is 2. The third-order valence-electron chi connectivity index (χ3n) is 4.27. The van der Waals surface area contributed by atoms with Crippen molar-refractivity contribution >= 4 is 33.1 Å². The molecule has 29 heavy (non-hydrogen) atoms. The molecule has 158 valence electrons. The van der Waals surface area contributed by atoms with Crippen molar-refractivity contribution < 1.29 is 27.5 Å². The van der Waals surface area contributed by atoms with Crippen LogP contribution >= 0.6 is 11.3 Å². The Morgan fingerprint density at radius 2 is 1.83 bits per heavy atom. The van der Waals surface area contributed by atoms with Crippen molar-refractivity contribution in [1.29, 1.82) is 0 Å². The van der Waals surface area contributed by atoms with Crippen LogP contribution in [0.25, 0.3) is 10.4 Å². The highest BCUT2D eigenvalue weighted by Crippen LogP contribution is 2.37. The molecule has 0 saturated carbocycles. The number of esters is 2. The Labute approximate surface area is 175 Å². The van der Waals surface area contributed by atoms with Crippen molar-refractivity contribution in [2.75, 3.05) is 20.0 Å². The summed E-state index contributed by atoms with van der Waals surface area (Å²) >= 11 is 1.33. The van der Waals surface area contributed by atoms with Crippen LogP contribution in [0.4, 0.5) is 0 Å². The average Bonchev–Trinajstić information content (AvgIpc) is 3.00. The summed E-state index contributed by atoms with van der Waals surface area (Å²) in [4.78, 5) is 25.5. The van der Waals surface area contributed by atoms with Gasteiger partial charge in [0.15, 0.2) is 9.84 Å². The molecule has 0 aliphatic rings. The maximum atomic E-state index is 12.6. The lowest BCUT2D eigenvalue weighted by Gasteiger charge is -2.17. The second kappa shape index (κ2) is 8.67. The summed E-state index contributed by atoms with van der Waals surface area (Å²) in [7, 11) is -2.26. The van der Waals surface area contributed by atoms with Gasteiger partial charge in [0.2, 0.25) is 0 Å². The molecule has 0 radical (unpaired) electrons. The van der Waals surface area contributed by atoms with E-state index in [-0.39, 0.29) is 23.9 Å². The van der Waals surface area contributed by atoms with Gasteiger partial charge in [0.1, 0.15) is 0 Å². The third kappa shape index (κ3) is 5.45. The summed E-state index contributed by atoms with van der Waals surface area (Å²) in [6, 6.07) is 6.84. The fourth-order valence-electron chi connectivity index (χ4n) is 2.81. The van der Waals surface area contributed by atoms with Crippen molar-refractivity contribution in [2.45, 2.75) is 39.0 Å². The average molecular weight is 439 g/mol. The van der Waals surface area contributed by atoms with E-state index < -0.39 is 21.2 Å². The van der Waals surface area contributed by atoms with Gasteiger partial charge in [-0.25, -0.2) is 13.2 Å². The van der Waals surface area contributed by atoms with Gasteiger partial charge >= 0.3 is 11.9 Å². The van der Waals surface area contributed by atoms with E-state index in [2.05, 4.69) is 0 Å². The van der Waals surface area contributed by atoms with E-state index in [4.69, 9.17) is 9.47 Å². The highest BCUT2D eigenvalue weighted by Gasteiger charge is 2.25. The van der Waals surface area contributed by atoms with Crippen LogP contribution in [0.3, 0.4) is 0 Å². The number of hydrogen-bond acceptors (Lipinski definition) is 7. The molecule has 0 aliphatic carbocycles. The van der Waals surface area contributed by atoms with Crippen LogP contribution in [0.15, 0.2) is 29.2 Å². The molecule has 6 nitrogen and oxygen atoms in total. The summed E-state index contributed by atoms with van der Waals surface area (Å²) < 4.78 is 35.3. The van der Waals surface area contributed by atoms with Gasteiger partial charge in [0.05, 0.1) is 29.6 Å². The lowest BCUT2D eigenvalue weighted by atomic mass is 9.97. The van der Waals surface area contributed by atoms with E-state index in [9.17, 15) is 18.0 Å². The van der Waals surface area contributed by atoms with Crippen LogP contribution in [-0.2, 0) is 30.5 Å². The molecule has 1 aromatic heterocycles. The summed E-state index contributed by atoms with van der Waals surface area (Å²) in [5.41, 5.74) is 0.879. The van der Waals surface area contributed by atoms with Crippen LogP contribution in [0.2, 0.25) is 0 Å². The smallest absolute Gasteiger partial charge is 0.338 e. The Kier molecular flexibility index (Phi) is 6.90. The first-order valence-electron chi connectivity index (χ1n) is 9.04. The number of thiophene rings is 1. The Morgan fingerprint density at radius 3 is 2.38 bits per heavy atom. The topological polar surface area (TPSA) is 86.7 Å². The minimum Gasteiger partial charge on any atom is -0.465 e. The number of benzene rings is 1. The summed E-state index contributed by atoms with van der Waals surface area (Å²) in [5, 5.41) is 0. The Hall–Kier alpha value is -2.19. The van der Waals surface area contributed by atoms with Crippen LogP contribution in [0.1, 0.15) is 41.6 Å². The molecule has 0 aliphatic heterocycles. The second-order valence-electron chi connectivity index (χ2n) is 7.77. The third-order valence-corrected chi connectivity index (χ3v) is 6.58. The van der Waals surface area contributed by atoms with Crippen molar-refractivity contribution in [2.24, 2.45) is 5.41 Å². The van der Waals surface area contributed by atoms with Crippen LogP contribution in [0, 0.1) is 12.3 Å². The van der Waals surface area contributed by atoms with E-state index >= 15 is 0 Å². The number of sulfone groups is 1. The zero-order valence-corrected chi connectivity index (χ0v) is 19.1. The Bertz CT molecular complexity index is 1030. The maximum absolute atomic E-state index is 12.6. The van der Waals surface area contributed by atoms with E-state index in [1.807, 2.05) is 0 Å². The van der Waals surface area contributed by atoms with Gasteiger partial charge in [-0.2, -0.15) is 0 Å². The molecule has 0 unspecified atom stereocenters. The molecule has 2 aromatic rings. The number of methoxy groups -OCH3 is 1. The molecule has 8 heteroatoms. The van der Waals surface area contributed by atoms with Gasteiger partial charge in [-0.05, 0) is 39.3 Å². The van der Waals surface area contributed by atoms with Gasteiger partial charge in [0.25, 0.3) is 0 Å². The van der Waals surface area contributed by atoms with E-state index in [0.717, 1.165) is 11.1 Å². The fraction of sp³-hybridized carbons (Fsp3) is 0.429. The number of carbonyl (C=O) groups is 2. The quantitative estimate of drug-likeness (QED) is 0.633. The highest BCUT2D eigenvalue weighted by atomic mass is 32.2. The van der Waals surface area contributed by atoms with Gasteiger partial charge in [-0.3, -0.25) is 4.79 Å². The number of hydrogen-bond donors (Lipinski definition) is 0. The summed E-state index contributed by atoms with van der Waals surface area (Å²) in [6.45, 7) is 7.15. The largest absolute Gasteiger partial charge is 0.465 e. The first kappa shape index (κ1) is 23.1. The highest BCUT2D eigenvalue weighted by molar-refractivity contribution is 7.91. The second-order valence-corrected chi connectivity index (χ2v) is 11.0. The number of carbonyl (C=O) groups excluding carboxylic acids is 2. The molecule has 1 aromatic carbocycles. The summed E-state index contributed by atoms with van der Waals surface area (Å²) in [5.74, 6) is -0.803. The van der Waals surface area contributed by atoms with Crippen molar-refractivity contribution in [3.63, 3.8) is 0 Å². The molecule has 0 spiro atoms. The number of aryl methyl sites for hydroxylation is 1. The lowest BCUT2D eigenvalue weighted by molar-refractivity contribution is -0.152. The number of rotatable bonds is 6. The molecule has 1 heterocycles. The molecule has 2 rings (SSSR count). The molecule has 0 atom stereocenters. The monoisotopic (exact) mass is 438 g/mol. The van der Waals surface area contributed by atoms with Crippen LogP contribution in [0.5, 0.6) is 0 Å². The molecule has 0 saturated heterocycles.